The van der Waals surface area contributed by atoms with Gasteiger partial charge in [-0.05, 0) is 18.1 Å². The summed E-state index contributed by atoms with van der Waals surface area (Å²) in [6.45, 7) is 2.03. The van der Waals surface area contributed by atoms with Gasteiger partial charge in [0, 0.05) is 18.0 Å². The van der Waals surface area contributed by atoms with E-state index < -0.39 is 0 Å². The molecular weight excluding hydrogens is 138 g/mol. The smallest absolute Gasteiger partial charge is 0.132 e. The third kappa shape index (κ3) is 1.37. The minimum absolute atomic E-state index is 0.444. The van der Waals surface area contributed by atoms with Crippen molar-refractivity contribution in [2.75, 3.05) is 5.73 Å². The van der Waals surface area contributed by atoms with Gasteiger partial charge < -0.3 is 11.1 Å². The van der Waals surface area contributed by atoms with Gasteiger partial charge in [-0.25, -0.2) is 4.98 Å². The lowest BCUT2D eigenvalue weighted by atomic mass is 10.1. The number of pyridine rings is 1. The number of nitrogen functional groups attached to an aromatic ring is 1. The van der Waals surface area contributed by atoms with Crippen molar-refractivity contribution in [1.82, 2.24) is 4.98 Å². The van der Waals surface area contributed by atoms with E-state index in [1.54, 1.807) is 6.20 Å². The topological polar surface area (TPSA) is 62.8 Å². The summed E-state index contributed by atoms with van der Waals surface area (Å²) in [6.07, 6.45) is 3.81. The largest absolute Gasteiger partial charge is 0.383 e. The Morgan fingerprint density at radius 2 is 2.45 bits per heavy atom. The SMILES string of the molecule is CCc1ccnc(N)c1C=N. The molecule has 1 rings (SSSR count). The van der Waals surface area contributed by atoms with Gasteiger partial charge in [0.25, 0.3) is 0 Å². The molecule has 0 atom stereocenters. The van der Waals surface area contributed by atoms with Crippen LogP contribution in [0.5, 0.6) is 0 Å². The fourth-order valence-electron chi connectivity index (χ4n) is 1.01. The van der Waals surface area contributed by atoms with E-state index in [1.807, 2.05) is 13.0 Å². The number of hydrogen-bond acceptors (Lipinski definition) is 3. The molecule has 0 bridgehead atoms. The summed E-state index contributed by atoms with van der Waals surface area (Å²) in [5.41, 5.74) is 7.37. The zero-order chi connectivity index (χ0) is 8.27. The summed E-state index contributed by atoms with van der Waals surface area (Å²) in [4.78, 5) is 3.89. The normalized spacial score (nSPS) is 9.55. The van der Waals surface area contributed by atoms with Gasteiger partial charge in [-0.3, -0.25) is 0 Å². The van der Waals surface area contributed by atoms with E-state index in [2.05, 4.69) is 4.98 Å². The van der Waals surface area contributed by atoms with Crippen molar-refractivity contribution in [2.45, 2.75) is 13.3 Å². The highest BCUT2D eigenvalue weighted by Crippen LogP contribution is 2.11. The molecule has 58 valence electrons. The Hall–Kier alpha value is -1.38. The molecule has 0 unspecified atom stereocenters. The standard InChI is InChI=1S/C8H11N3/c1-2-6-3-4-11-8(10)7(6)5-9/h3-5,9H,2H2,1H3,(H2,10,11). The monoisotopic (exact) mass is 149 g/mol. The maximum Gasteiger partial charge on any atom is 0.132 e. The predicted octanol–water partition coefficient (Wildman–Crippen LogP) is 1.22. The summed E-state index contributed by atoms with van der Waals surface area (Å²) >= 11 is 0. The van der Waals surface area contributed by atoms with Gasteiger partial charge in [0.05, 0.1) is 0 Å². The van der Waals surface area contributed by atoms with Crippen molar-refractivity contribution in [3.05, 3.63) is 23.4 Å². The van der Waals surface area contributed by atoms with Gasteiger partial charge in [-0.1, -0.05) is 6.92 Å². The number of rotatable bonds is 2. The third-order valence-electron chi connectivity index (χ3n) is 1.64. The molecule has 0 aliphatic heterocycles. The molecule has 0 aromatic carbocycles. The van der Waals surface area contributed by atoms with E-state index in [1.165, 1.54) is 6.21 Å². The van der Waals surface area contributed by atoms with Crippen LogP contribution in [-0.2, 0) is 6.42 Å². The van der Waals surface area contributed by atoms with Gasteiger partial charge >= 0.3 is 0 Å². The van der Waals surface area contributed by atoms with Crippen LogP contribution in [0.3, 0.4) is 0 Å². The molecule has 1 heterocycles. The van der Waals surface area contributed by atoms with E-state index >= 15 is 0 Å². The first-order valence-electron chi connectivity index (χ1n) is 3.53. The molecule has 0 amide bonds. The minimum atomic E-state index is 0.444. The van der Waals surface area contributed by atoms with E-state index in [0.717, 1.165) is 17.5 Å². The van der Waals surface area contributed by atoms with Crippen molar-refractivity contribution in [2.24, 2.45) is 0 Å². The quantitative estimate of drug-likeness (QED) is 0.621. The lowest BCUT2D eigenvalue weighted by Gasteiger charge is -2.03. The average Bonchev–Trinajstić information content (AvgIpc) is 2.04. The van der Waals surface area contributed by atoms with Crippen LogP contribution < -0.4 is 5.73 Å². The molecule has 0 saturated heterocycles. The van der Waals surface area contributed by atoms with E-state index in [4.69, 9.17) is 11.1 Å². The Bertz CT molecular complexity index is 268. The number of nitrogens with one attached hydrogen (secondary N) is 1. The van der Waals surface area contributed by atoms with Gasteiger partial charge in [-0.2, -0.15) is 0 Å². The van der Waals surface area contributed by atoms with Crippen LogP contribution in [-0.4, -0.2) is 11.2 Å². The van der Waals surface area contributed by atoms with Crippen molar-refractivity contribution in [3.8, 4) is 0 Å². The van der Waals surface area contributed by atoms with Crippen LogP contribution in [0.4, 0.5) is 5.82 Å². The summed E-state index contributed by atoms with van der Waals surface area (Å²) in [7, 11) is 0. The number of nitrogens with two attached hydrogens (primary N) is 1. The van der Waals surface area contributed by atoms with Crippen LogP contribution >= 0.6 is 0 Å². The summed E-state index contributed by atoms with van der Waals surface area (Å²) in [6, 6.07) is 1.89. The van der Waals surface area contributed by atoms with Crippen molar-refractivity contribution in [1.29, 1.82) is 5.41 Å². The first kappa shape index (κ1) is 7.72. The second-order valence-corrected chi connectivity index (χ2v) is 2.27. The van der Waals surface area contributed by atoms with Crippen LogP contribution in [0.15, 0.2) is 12.3 Å². The van der Waals surface area contributed by atoms with Crippen molar-refractivity contribution >= 4 is 12.0 Å². The van der Waals surface area contributed by atoms with Gasteiger partial charge in [-0.15, -0.1) is 0 Å². The fraction of sp³-hybridized carbons (Fsp3) is 0.250. The maximum atomic E-state index is 7.08. The van der Waals surface area contributed by atoms with Crippen LogP contribution in [0.2, 0.25) is 0 Å². The van der Waals surface area contributed by atoms with E-state index in [0.29, 0.717) is 5.82 Å². The van der Waals surface area contributed by atoms with Crippen LogP contribution in [0, 0.1) is 5.41 Å². The number of aryl methyl sites for hydroxylation is 1. The summed E-state index contributed by atoms with van der Waals surface area (Å²) < 4.78 is 0. The molecule has 1 aromatic rings. The second-order valence-electron chi connectivity index (χ2n) is 2.27. The molecular formula is C8H11N3. The summed E-state index contributed by atoms with van der Waals surface area (Å²) in [5.74, 6) is 0.444. The zero-order valence-electron chi connectivity index (χ0n) is 6.46. The highest BCUT2D eigenvalue weighted by molar-refractivity contribution is 5.85. The van der Waals surface area contributed by atoms with Crippen LogP contribution in [0.25, 0.3) is 0 Å². The van der Waals surface area contributed by atoms with Crippen molar-refractivity contribution in [3.63, 3.8) is 0 Å². The molecule has 0 saturated carbocycles. The van der Waals surface area contributed by atoms with Gasteiger partial charge in [0.1, 0.15) is 5.82 Å². The maximum absolute atomic E-state index is 7.08. The molecule has 0 spiro atoms. The minimum Gasteiger partial charge on any atom is -0.383 e. The number of anilines is 1. The molecule has 11 heavy (non-hydrogen) atoms. The molecule has 0 aliphatic carbocycles. The fourth-order valence-corrected chi connectivity index (χ4v) is 1.01. The molecule has 3 nitrogen and oxygen atoms in total. The predicted molar refractivity (Wildman–Crippen MR) is 45.9 cm³/mol. The lowest BCUT2D eigenvalue weighted by molar-refractivity contribution is 1.11. The van der Waals surface area contributed by atoms with E-state index in [9.17, 15) is 0 Å². The van der Waals surface area contributed by atoms with Gasteiger partial charge in [0.2, 0.25) is 0 Å². The van der Waals surface area contributed by atoms with Crippen molar-refractivity contribution < 1.29 is 0 Å². The Labute approximate surface area is 65.8 Å². The molecule has 0 fully saturated rings. The highest BCUT2D eigenvalue weighted by atomic mass is 14.8. The zero-order valence-corrected chi connectivity index (χ0v) is 6.46. The first-order chi connectivity index (χ1) is 5.29. The average molecular weight is 149 g/mol. The third-order valence-corrected chi connectivity index (χ3v) is 1.64. The molecule has 3 N–H and O–H groups in total. The molecule has 1 aromatic heterocycles. The molecule has 0 radical (unpaired) electrons. The van der Waals surface area contributed by atoms with Gasteiger partial charge in [0.15, 0.2) is 0 Å². The Morgan fingerprint density at radius 3 is 2.91 bits per heavy atom. The number of hydrogen-bond donors (Lipinski definition) is 2. The number of nitrogens with zero attached hydrogens (tertiary/aromatic N) is 1. The first-order valence-corrected chi connectivity index (χ1v) is 3.53. The van der Waals surface area contributed by atoms with Crippen LogP contribution in [0.1, 0.15) is 18.1 Å². The molecule has 3 heteroatoms. The Balaban J connectivity index is 3.24. The highest BCUT2D eigenvalue weighted by Gasteiger charge is 2.01. The molecule has 0 aliphatic rings. The van der Waals surface area contributed by atoms with E-state index in [-0.39, 0.29) is 0 Å². The second kappa shape index (κ2) is 3.14. The lowest BCUT2D eigenvalue weighted by Crippen LogP contribution is -2.00. The Morgan fingerprint density at radius 1 is 1.73 bits per heavy atom. The number of aromatic nitrogens is 1. The summed E-state index contributed by atoms with van der Waals surface area (Å²) in [5, 5.41) is 7.08. The Kier molecular flexibility index (Phi) is 2.21.